The molecule has 0 saturated heterocycles. The van der Waals surface area contributed by atoms with Crippen molar-refractivity contribution in [3.63, 3.8) is 0 Å². The van der Waals surface area contributed by atoms with Crippen molar-refractivity contribution in [2.75, 3.05) is 5.75 Å². The number of hydrogen-bond donors (Lipinski definition) is 3. The van der Waals surface area contributed by atoms with Crippen LogP contribution >= 0.6 is 12.6 Å². The minimum atomic E-state index is -0.847. The quantitative estimate of drug-likeness (QED) is 0.153. The monoisotopic (exact) mass is 447 g/mol. The zero-order valence-electron chi connectivity index (χ0n) is 18.6. The summed E-state index contributed by atoms with van der Waals surface area (Å²) in [5, 5.41) is 12.3. The van der Waals surface area contributed by atoms with Gasteiger partial charge < -0.3 is 10.4 Å². The number of hydrogen-bond acceptors (Lipinski definition) is 3. The Hall–Kier alpha value is 1.36. The number of carboxylic acids is 1. The van der Waals surface area contributed by atoms with E-state index in [4.69, 9.17) is 0 Å². The first kappa shape index (κ1) is 35.0. The van der Waals surface area contributed by atoms with Gasteiger partial charge in [-0.2, -0.15) is 12.6 Å². The van der Waals surface area contributed by atoms with Crippen LogP contribution in [0.5, 0.6) is 0 Å². The second kappa shape index (κ2) is 21.2. The number of carbonyl (C=O) groups is 1. The van der Waals surface area contributed by atoms with Gasteiger partial charge in [0.2, 0.25) is 0 Å². The molecule has 164 valence electrons. The fourth-order valence-corrected chi connectivity index (χ4v) is 3.73. The van der Waals surface area contributed by atoms with Crippen LogP contribution in [0.1, 0.15) is 112 Å². The second-order valence-corrected chi connectivity index (χ2v) is 9.00. The molecule has 0 aromatic rings. The third-order valence-electron chi connectivity index (χ3n) is 5.85. The maximum atomic E-state index is 11.2. The molecule has 0 radical (unpaired) electrons. The summed E-state index contributed by atoms with van der Waals surface area (Å²) in [5.41, 5.74) is 2.32. The van der Waals surface area contributed by atoms with Gasteiger partial charge in [-0.25, -0.2) is 4.79 Å². The first-order valence-electron chi connectivity index (χ1n) is 11.0. The van der Waals surface area contributed by atoms with Gasteiger partial charge in [0.25, 0.3) is 0 Å². The van der Waals surface area contributed by atoms with E-state index in [1.54, 1.807) is 0 Å². The van der Waals surface area contributed by atoms with Crippen LogP contribution < -0.4 is 5.32 Å². The summed E-state index contributed by atoms with van der Waals surface area (Å²) in [7, 11) is 0. The first-order chi connectivity index (χ1) is 12.8. The topological polar surface area (TPSA) is 49.3 Å². The fraction of sp³-hybridized carbons (Fsp3) is 0.870. The first-order valence-corrected chi connectivity index (χ1v) is 11.7. The van der Waals surface area contributed by atoms with Gasteiger partial charge in [0.15, 0.2) is 0 Å². The molecular formula is C23H47NNa2O2S. The Bertz CT molecular complexity index is 443. The molecule has 0 aliphatic heterocycles. The third kappa shape index (κ3) is 17.6. The molecule has 0 aromatic heterocycles. The molecule has 1 unspecified atom stereocenters. The zero-order valence-corrected chi connectivity index (χ0v) is 19.5. The summed E-state index contributed by atoms with van der Waals surface area (Å²) in [6.45, 7) is 10.9. The van der Waals surface area contributed by atoms with E-state index < -0.39 is 12.0 Å². The summed E-state index contributed by atoms with van der Waals surface area (Å²) in [6.07, 6.45) is 16.1. The van der Waals surface area contributed by atoms with E-state index >= 15 is 0 Å². The number of thiol groups is 1. The minimum absolute atomic E-state index is 0. The summed E-state index contributed by atoms with van der Waals surface area (Å²) < 4.78 is 0. The van der Waals surface area contributed by atoms with Gasteiger partial charge in [-0.3, -0.25) is 0 Å². The summed E-state index contributed by atoms with van der Waals surface area (Å²) in [6, 6.07) is -0.624. The van der Waals surface area contributed by atoms with Crippen LogP contribution in [0.15, 0.2) is 11.3 Å². The van der Waals surface area contributed by atoms with Crippen molar-refractivity contribution >= 4 is 77.7 Å². The van der Waals surface area contributed by atoms with Crippen molar-refractivity contribution in [1.82, 2.24) is 5.32 Å². The van der Waals surface area contributed by atoms with Crippen molar-refractivity contribution in [2.45, 2.75) is 118 Å². The molecule has 1 atom stereocenters. The van der Waals surface area contributed by atoms with E-state index in [0.29, 0.717) is 5.75 Å². The molecule has 0 heterocycles. The molecule has 0 aliphatic carbocycles. The SMILES string of the molecule is CCCCCCCCCCCCCC(C)(C)/C(C)=C(\C)NC(CS)C(=O)O.[NaH].[NaH]. The van der Waals surface area contributed by atoms with Gasteiger partial charge in [0.1, 0.15) is 6.04 Å². The van der Waals surface area contributed by atoms with Gasteiger partial charge >= 0.3 is 65.1 Å². The molecule has 0 rings (SSSR count). The van der Waals surface area contributed by atoms with Crippen LogP contribution in [0.4, 0.5) is 0 Å². The summed E-state index contributed by atoms with van der Waals surface area (Å²) >= 11 is 4.13. The van der Waals surface area contributed by atoms with Crippen molar-refractivity contribution in [1.29, 1.82) is 0 Å². The van der Waals surface area contributed by atoms with E-state index in [9.17, 15) is 9.90 Å². The Labute approximate surface area is 231 Å². The Balaban J connectivity index is -0.00000338. The van der Waals surface area contributed by atoms with Crippen LogP contribution in [0.2, 0.25) is 0 Å². The van der Waals surface area contributed by atoms with Gasteiger partial charge in [-0.1, -0.05) is 91.4 Å². The van der Waals surface area contributed by atoms with Crippen LogP contribution in [-0.4, -0.2) is 82.0 Å². The fourth-order valence-electron chi connectivity index (χ4n) is 3.48. The van der Waals surface area contributed by atoms with E-state index in [1.807, 2.05) is 6.92 Å². The van der Waals surface area contributed by atoms with Crippen LogP contribution in [0, 0.1) is 5.41 Å². The standard InChI is InChI=1S/C23H45NO2S.2Na.2H/c1-6-7-8-9-10-11-12-13-14-15-16-17-23(4,5)19(2)20(3)24-21(18-27)22(25)26;;;;/h21,24,27H,6-18H2,1-5H3,(H,25,26);;;;/b20-19+;;;;. The Kier molecular flexibility index (Phi) is 25.6. The number of allylic oxidation sites excluding steroid dienone is 2. The number of carboxylic acid groups (broad SMARTS) is 1. The van der Waals surface area contributed by atoms with E-state index in [0.717, 1.165) is 12.1 Å². The van der Waals surface area contributed by atoms with Gasteiger partial charge in [0, 0.05) is 11.4 Å². The second-order valence-electron chi connectivity index (χ2n) is 8.64. The van der Waals surface area contributed by atoms with Crippen LogP contribution in [-0.2, 0) is 4.79 Å². The number of aliphatic carboxylic acids is 1. The summed E-state index contributed by atoms with van der Waals surface area (Å²) in [4.78, 5) is 11.2. The van der Waals surface area contributed by atoms with Gasteiger partial charge in [0.05, 0.1) is 0 Å². The maximum absolute atomic E-state index is 11.2. The van der Waals surface area contributed by atoms with Crippen molar-refractivity contribution in [3.8, 4) is 0 Å². The number of nitrogens with one attached hydrogen (secondary N) is 1. The molecule has 0 spiro atoms. The van der Waals surface area contributed by atoms with Crippen LogP contribution in [0.3, 0.4) is 0 Å². The predicted molar refractivity (Wildman–Crippen MR) is 136 cm³/mol. The van der Waals surface area contributed by atoms with Crippen molar-refractivity contribution in [2.24, 2.45) is 5.41 Å². The molecule has 6 heteroatoms. The normalized spacial score (nSPS) is 13.0. The Morgan fingerprint density at radius 3 is 1.69 bits per heavy atom. The molecule has 29 heavy (non-hydrogen) atoms. The molecule has 0 amide bonds. The number of unbranched alkanes of at least 4 members (excludes halogenated alkanes) is 10. The molecule has 0 saturated carbocycles. The van der Waals surface area contributed by atoms with Crippen molar-refractivity contribution in [3.05, 3.63) is 11.3 Å². The molecule has 2 N–H and O–H groups in total. The van der Waals surface area contributed by atoms with Gasteiger partial charge in [-0.05, 0) is 31.3 Å². The third-order valence-corrected chi connectivity index (χ3v) is 6.22. The Morgan fingerprint density at radius 1 is 0.897 bits per heavy atom. The molecule has 0 fully saturated rings. The average molecular weight is 448 g/mol. The molecule has 0 bridgehead atoms. The van der Waals surface area contributed by atoms with E-state index in [1.165, 1.54) is 76.2 Å². The zero-order chi connectivity index (χ0) is 20.7. The van der Waals surface area contributed by atoms with Gasteiger partial charge in [-0.15, -0.1) is 0 Å². The molecule has 0 aromatic carbocycles. The van der Waals surface area contributed by atoms with Crippen molar-refractivity contribution < 1.29 is 9.90 Å². The molecule has 0 aliphatic rings. The summed E-state index contributed by atoms with van der Waals surface area (Å²) in [5.74, 6) is -0.556. The Morgan fingerprint density at radius 2 is 1.31 bits per heavy atom. The number of rotatable bonds is 17. The molecule has 3 nitrogen and oxygen atoms in total. The molecular weight excluding hydrogens is 400 g/mol. The van der Waals surface area contributed by atoms with Crippen LogP contribution in [0.25, 0.3) is 0 Å². The average Bonchev–Trinajstić information content (AvgIpc) is 2.62. The predicted octanol–water partition coefficient (Wildman–Crippen LogP) is 5.68. The van der Waals surface area contributed by atoms with E-state index in [-0.39, 0.29) is 64.5 Å². The van der Waals surface area contributed by atoms with E-state index in [2.05, 4.69) is 45.6 Å².